The number of ether oxygens (including phenoxy) is 1. The zero-order valence-corrected chi connectivity index (χ0v) is 20.3. The summed E-state index contributed by atoms with van der Waals surface area (Å²) >= 11 is 0. The van der Waals surface area contributed by atoms with Crippen molar-refractivity contribution in [2.75, 3.05) is 29.4 Å². The van der Waals surface area contributed by atoms with Gasteiger partial charge in [-0.05, 0) is 76.1 Å². The Hall–Kier alpha value is -2.28. The number of carbonyl (C=O) groups is 2. The summed E-state index contributed by atoms with van der Waals surface area (Å²) in [5.74, 6) is 0.876. The Labute approximate surface area is 191 Å². The molecule has 2 heterocycles. The van der Waals surface area contributed by atoms with Crippen molar-refractivity contribution in [3.05, 3.63) is 23.8 Å². The van der Waals surface area contributed by atoms with Gasteiger partial charge in [0.15, 0.2) is 0 Å². The normalized spacial score (nSPS) is 28.4. The average molecular weight is 443 g/mol. The van der Waals surface area contributed by atoms with E-state index in [1.54, 1.807) is 6.92 Å². The van der Waals surface area contributed by atoms with E-state index >= 15 is 0 Å². The van der Waals surface area contributed by atoms with Gasteiger partial charge < -0.3 is 25.2 Å². The molecule has 4 atom stereocenters. The number of hydrogen-bond donors (Lipinski definition) is 1. The van der Waals surface area contributed by atoms with Crippen LogP contribution in [-0.2, 0) is 9.53 Å². The van der Waals surface area contributed by atoms with Crippen molar-refractivity contribution >= 4 is 23.4 Å². The molecule has 1 saturated heterocycles. The molecular weight excluding hydrogens is 404 g/mol. The van der Waals surface area contributed by atoms with Gasteiger partial charge in [0.05, 0.1) is 0 Å². The summed E-state index contributed by atoms with van der Waals surface area (Å²) in [5.41, 5.74) is 9.33. The first kappa shape index (κ1) is 22.9. The molecule has 0 aromatic heterocycles. The van der Waals surface area contributed by atoms with E-state index in [1.807, 2.05) is 30.6 Å². The Bertz CT molecular complexity index is 892. The Morgan fingerprint density at radius 2 is 1.81 bits per heavy atom. The fraction of sp³-hybridized carbons (Fsp3) is 0.680. The third-order valence-corrected chi connectivity index (χ3v) is 7.10. The van der Waals surface area contributed by atoms with Crippen molar-refractivity contribution < 1.29 is 14.3 Å². The highest BCUT2D eigenvalue weighted by molar-refractivity contribution is 5.94. The molecule has 4 rings (SSSR count). The molecule has 7 nitrogen and oxygen atoms in total. The first-order chi connectivity index (χ1) is 15.0. The standard InChI is InChI=1S/C25H38N4O3/c1-15-14-27(11-12-28(15)24(31)32-25(4,5)6)19-9-10-21-20(13-19)22(26)16(2)23(18-7-8-18)29(21)17(3)30/h9-10,13,15-16,18,22-23H,7-8,11-12,14,26H2,1-6H3/t15-,16+,22+,23+/m0/s1. The predicted molar refractivity (Wildman–Crippen MR) is 127 cm³/mol. The molecule has 1 aromatic rings. The third kappa shape index (κ3) is 4.32. The molecule has 32 heavy (non-hydrogen) atoms. The lowest BCUT2D eigenvalue weighted by molar-refractivity contribution is -0.117. The molecule has 2 N–H and O–H groups in total. The minimum atomic E-state index is -0.500. The number of hydrogen-bond acceptors (Lipinski definition) is 5. The second kappa shape index (κ2) is 8.25. The summed E-state index contributed by atoms with van der Waals surface area (Å²) in [6, 6.07) is 6.46. The van der Waals surface area contributed by atoms with Gasteiger partial charge in [-0.1, -0.05) is 6.92 Å². The van der Waals surface area contributed by atoms with E-state index in [1.165, 1.54) is 12.8 Å². The van der Waals surface area contributed by atoms with Crippen LogP contribution in [0, 0.1) is 11.8 Å². The molecule has 0 radical (unpaired) electrons. The molecule has 2 aliphatic heterocycles. The number of anilines is 2. The Balaban J connectivity index is 1.55. The van der Waals surface area contributed by atoms with Gasteiger partial charge in [-0.3, -0.25) is 4.79 Å². The van der Waals surface area contributed by atoms with Crippen LogP contribution in [0.1, 0.15) is 66.0 Å². The average Bonchev–Trinajstić information content (AvgIpc) is 3.53. The molecule has 7 heteroatoms. The van der Waals surface area contributed by atoms with Crippen LogP contribution in [0.3, 0.4) is 0 Å². The van der Waals surface area contributed by atoms with Crippen molar-refractivity contribution in [1.29, 1.82) is 0 Å². The Kier molecular flexibility index (Phi) is 5.90. The third-order valence-electron chi connectivity index (χ3n) is 7.10. The number of piperazine rings is 1. The smallest absolute Gasteiger partial charge is 0.410 e. The molecule has 1 aliphatic carbocycles. The maximum Gasteiger partial charge on any atom is 0.410 e. The number of fused-ring (bicyclic) bond motifs is 1. The van der Waals surface area contributed by atoms with Gasteiger partial charge >= 0.3 is 6.09 Å². The van der Waals surface area contributed by atoms with E-state index in [9.17, 15) is 9.59 Å². The van der Waals surface area contributed by atoms with Gasteiger partial charge in [-0.2, -0.15) is 0 Å². The fourth-order valence-electron chi connectivity index (χ4n) is 5.36. The lowest BCUT2D eigenvalue weighted by Crippen LogP contribution is -2.55. The summed E-state index contributed by atoms with van der Waals surface area (Å²) in [5, 5.41) is 0. The van der Waals surface area contributed by atoms with Crippen molar-refractivity contribution in [3.63, 3.8) is 0 Å². The second-order valence-electron chi connectivity index (χ2n) is 10.8. The maximum absolute atomic E-state index is 12.6. The first-order valence-corrected chi connectivity index (χ1v) is 11.9. The number of nitrogens with two attached hydrogens (primary N) is 1. The SMILES string of the molecule is CC(=O)N1c2ccc(N3CCN(C(=O)OC(C)(C)C)[C@@H](C)C3)cc2[C@H](N)[C@@H](C)[C@@H]1C1CC1. The molecule has 0 spiro atoms. The highest BCUT2D eigenvalue weighted by Gasteiger charge is 2.46. The van der Waals surface area contributed by atoms with Crippen LogP contribution in [0.5, 0.6) is 0 Å². The van der Waals surface area contributed by atoms with Crippen molar-refractivity contribution in [3.8, 4) is 0 Å². The van der Waals surface area contributed by atoms with E-state index in [2.05, 4.69) is 36.9 Å². The molecular formula is C25H38N4O3. The summed E-state index contributed by atoms with van der Waals surface area (Å²) < 4.78 is 5.57. The summed E-state index contributed by atoms with van der Waals surface area (Å²) in [6.45, 7) is 13.6. The van der Waals surface area contributed by atoms with Gasteiger partial charge in [-0.25, -0.2) is 4.79 Å². The van der Waals surface area contributed by atoms with E-state index in [4.69, 9.17) is 10.5 Å². The fourth-order valence-corrected chi connectivity index (χ4v) is 5.36. The van der Waals surface area contributed by atoms with Crippen molar-refractivity contribution in [1.82, 2.24) is 4.90 Å². The van der Waals surface area contributed by atoms with Crippen LogP contribution >= 0.6 is 0 Å². The Morgan fingerprint density at radius 1 is 1.12 bits per heavy atom. The number of rotatable bonds is 2. The quantitative estimate of drug-likeness (QED) is 0.751. The van der Waals surface area contributed by atoms with Crippen LogP contribution in [0.15, 0.2) is 18.2 Å². The van der Waals surface area contributed by atoms with E-state index in [0.717, 1.165) is 30.0 Å². The summed E-state index contributed by atoms with van der Waals surface area (Å²) in [7, 11) is 0. The van der Waals surface area contributed by atoms with E-state index in [-0.39, 0.29) is 36.0 Å². The van der Waals surface area contributed by atoms with Gasteiger partial charge in [0.2, 0.25) is 5.91 Å². The topological polar surface area (TPSA) is 79.1 Å². The highest BCUT2D eigenvalue weighted by Crippen LogP contribution is 2.49. The minimum Gasteiger partial charge on any atom is -0.444 e. The number of amides is 2. The monoisotopic (exact) mass is 442 g/mol. The van der Waals surface area contributed by atoms with Crippen LogP contribution in [0.4, 0.5) is 16.2 Å². The second-order valence-corrected chi connectivity index (χ2v) is 10.8. The van der Waals surface area contributed by atoms with Crippen LogP contribution in [-0.4, -0.2) is 54.2 Å². The molecule has 3 aliphatic rings. The van der Waals surface area contributed by atoms with E-state index in [0.29, 0.717) is 12.5 Å². The molecule has 2 amide bonds. The van der Waals surface area contributed by atoms with Gasteiger partial charge in [0.25, 0.3) is 0 Å². The van der Waals surface area contributed by atoms with Crippen molar-refractivity contribution in [2.45, 2.75) is 78.1 Å². The molecule has 1 saturated carbocycles. The zero-order chi connectivity index (χ0) is 23.4. The molecule has 1 aromatic carbocycles. The van der Waals surface area contributed by atoms with Crippen LogP contribution in [0.25, 0.3) is 0 Å². The highest BCUT2D eigenvalue weighted by atomic mass is 16.6. The molecule has 0 unspecified atom stereocenters. The predicted octanol–water partition coefficient (Wildman–Crippen LogP) is 3.91. The van der Waals surface area contributed by atoms with Gasteiger partial charge in [0, 0.05) is 56.1 Å². The largest absolute Gasteiger partial charge is 0.444 e. The van der Waals surface area contributed by atoms with Gasteiger partial charge in [0.1, 0.15) is 5.60 Å². The minimum absolute atomic E-state index is 0.0372. The Morgan fingerprint density at radius 3 is 2.38 bits per heavy atom. The van der Waals surface area contributed by atoms with E-state index < -0.39 is 5.60 Å². The summed E-state index contributed by atoms with van der Waals surface area (Å²) in [4.78, 5) is 31.3. The first-order valence-electron chi connectivity index (χ1n) is 11.9. The van der Waals surface area contributed by atoms with Crippen LogP contribution in [0.2, 0.25) is 0 Å². The number of benzene rings is 1. The van der Waals surface area contributed by atoms with Gasteiger partial charge in [-0.15, -0.1) is 0 Å². The maximum atomic E-state index is 12.6. The summed E-state index contributed by atoms with van der Waals surface area (Å²) in [6.07, 6.45) is 2.10. The van der Waals surface area contributed by atoms with Crippen molar-refractivity contribution in [2.24, 2.45) is 17.6 Å². The number of nitrogens with zero attached hydrogens (tertiary/aromatic N) is 3. The molecule has 2 fully saturated rings. The zero-order valence-electron chi connectivity index (χ0n) is 20.3. The number of carbonyl (C=O) groups excluding carboxylic acids is 2. The lowest BCUT2D eigenvalue weighted by atomic mass is 9.80. The lowest BCUT2D eigenvalue weighted by Gasteiger charge is -2.45. The molecule has 0 bridgehead atoms. The van der Waals surface area contributed by atoms with Crippen LogP contribution < -0.4 is 15.5 Å². The molecule has 176 valence electrons.